The Morgan fingerprint density at radius 2 is 1.75 bits per heavy atom. The number of nitriles is 1. The third kappa shape index (κ3) is 2.74. The molecule has 7 heteroatoms. The summed E-state index contributed by atoms with van der Waals surface area (Å²) in [5.41, 5.74) is 7.74. The number of nitrogens with two attached hydrogens (primary N) is 1. The number of carbonyl (C=O) groups is 2. The van der Waals surface area contributed by atoms with Gasteiger partial charge in [0.2, 0.25) is 11.8 Å². The lowest BCUT2D eigenvalue weighted by molar-refractivity contribution is -0.122. The highest BCUT2D eigenvalue weighted by Gasteiger charge is 2.56. The number of benzene rings is 2. The standard InChI is InChI=1S/C21H17N3O3S/c1-27-14-9-7-12(8-10-14)16-15(11-22)19(23)28-18-17(16)20(25)24(21(18)26)13-5-3-2-4-6-13/h2-10,16-18H,23H2,1H3. The van der Waals surface area contributed by atoms with E-state index in [0.717, 1.165) is 17.3 Å². The predicted molar refractivity (Wildman–Crippen MR) is 106 cm³/mol. The van der Waals surface area contributed by atoms with Crippen molar-refractivity contribution in [1.82, 2.24) is 0 Å². The van der Waals surface area contributed by atoms with E-state index < -0.39 is 17.1 Å². The van der Waals surface area contributed by atoms with E-state index in [1.54, 1.807) is 43.5 Å². The summed E-state index contributed by atoms with van der Waals surface area (Å²) >= 11 is 1.10. The molecule has 2 amide bonds. The molecule has 0 saturated carbocycles. The molecule has 0 spiro atoms. The molecule has 3 unspecified atom stereocenters. The topological polar surface area (TPSA) is 96.4 Å². The van der Waals surface area contributed by atoms with Crippen LogP contribution in [0.2, 0.25) is 0 Å². The second-order valence-electron chi connectivity index (χ2n) is 6.55. The lowest BCUT2D eigenvalue weighted by atomic mass is 9.79. The third-order valence-corrected chi connectivity index (χ3v) is 6.32. The molecule has 0 aliphatic carbocycles. The molecule has 2 N–H and O–H groups in total. The number of anilines is 1. The zero-order chi connectivity index (χ0) is 19.8. The molecule has 2 aromatic rings. The maximum Gasteiger partial charge on any atom is 0.248 e. The molecule has 140 valence electrons. The smallest absolute Gasteiger partial charge is 0.248 e. The average molecular weight is 391 g/mol. The molecule has 2 aliphatic heterocycles. The number of amides is 2. The lowest BCUT2D eigenvalue weighted by Gasteiger charge is -2.30. The summed E-state index contributed by atoms with van der Waals surface area (Å²) in [7, 11) is 1.57. The summed E-state index contributed by atoms with van der Waals surface area (Å²) < 4.78 is 5.20. The Morgan fingerprint density at radius 3 is 2.36 bits per heavy atom. The van der Waals surface area contributed by atoms with Gasteiger partial charge < -0.3 is 10.5 Å². The number of nitrogens with zero attached hydrogens (tertiary/aromatic N) is 2. The molecule has 28 heavy (non-hydrogen) atoms. The molecule has 0 bridgehead atoms. The Hall–Kier alpha value is -3.24. The van der Waals surface area contributed by atoms with Gasteiger partial charge >= 0.3 is 0 Å². The van der Waals surface area contributed by atoms with Gasteiger partial charge in [-0.25, -0.2) is 4.90 Å². The number of para-hydroxylation sites is 1. The van der Waals surface area contributed by atoms with Gasteiger partial charge in [0.05, 0.1) is 35.4 Å². The Bertz CT molecular complexity index is 1010. The number of ether oxygens (including phenoxy) is 1. The van der Waals surface area contributed by atoms with Crippen LogP contribution in [0.3, 0.4) is 0 Å². The zero-order valence-electron chi connectivity index (χ0n) is 15.0. The van der Waals surface area contributed by atoms with Gasteiger partial charge in [0.1, 0.15) is 11.0 Å². The summed E-state index contributed by atoms with van der Waals surface area (Å²) in [5, 5.41) is 9.35. The van der Waals surface area contributed by atoms with Gasteiger partial charge in [0.25, 0.3) is 0 Å². The molecule has 6 nitrogen and oxygen atoms in total. The van der Waals surface area contributed by atoms with Crippen molar-refractivity contribution >= 4 is 29.3 Å². The van der Waals surface area contributed by atoms with Gasteiger partial charge in [-0.3, -0.25) is 9.59 Å². The van der Waals surface area contributed by atoms with Crippen molar-refractivity contribution in [3.8, 4) is 11.8 Å². The van der Waals surface area contributed by atoms with Gasteiger partial charge in [-0.15, -0.1) is 0 Å². The first kappa shape index (κ1) is 18.1. The van der Waals surface area contributed by atoms with E-state index in [0.29, 0.717) is 22.0 Å². The summed E-state index contributed by atoms with van der Waals surface area (Å²) in [5.74, 6) is -1.21. The first-order valence-electron chi connectivity index (χ1n) is 8.70. The van der Waals surface area contributed by atoms with E-state index in [1.807, 2.05) is 18.2 Å². The number of methoxy groups -OCH3 is 1. The predicted octanol–water partition coefficient (Wildman–Crippen LogP) is 2.78. The van der Waals surface area contributed by atoms with Gasteiger partial charge in [-0.05, 0) is 29.8 Å². The Kier molecular flexibility index (Phi) is 4.57. The van der Waals surface area contributed by atoms with Crippen molar-refractivity contribution < 1.29 is 14.3 Å². The second-order valence-corrected chi connectivity index (χ2v) is 7.74. The van der Waals surface area contributed by atoms with Crippen LogP contribution in [0.5, 0.6) is 5.75 Å². The highest BCUT2D eigenvalue weighted by atomic mass is 32.2. The van der Waals surface area contributed by atoms with Crippen molar-refractivity contribution in [3.63, 3.8) is 0 Å². The number of thioether (sulfide) groups is 1. The molecular weight excluding hydrogens is 374 g/mol. The zero-order valence-corrected chi connectivity index (χ0v) is 15.8. The highest BCUT2D eigenvalue weighted by Crippen LogP contribution is 2.50. The van der Waals surface area contributed by atoms with Crippen molar-refractivity contribution in [2.75, 3.05) is 12.0 Å². The van der Waals surface area contributed by atoms with Gasteiger partial charge in [-0.1, -0.05) is 42.1 Å². The quantitative estimate of drug-likeness (QED) is 0.808. The number of imide groups is 1. The molecule has 3 atom stereocenters. The van der Waals surface area contributed by atoms with E-state index in [-0.39, 0.29) is 11.8 Å². The van der Waals surface area contributed by atoms with Crippen molar-refractivity contribution in [2.45, 2.75) is 11.2 Å². The van der Waals surface area contributed by atoms with Crippen LogP contribution in [0, 0.1) is 17.2 Å². The highest BCUT2D eigenvalue weighted by molar-refractivity contribution is 8.04. The molecule has 1 saturated heterocycles. The molecule has 2 heterocycles. The van der Waals surface area contributed by atoms with Crippen molar-refractivity contribution in [1.29, 1.82) is 5.26 Å². The number of allylic oxidation sites excluding steroid dienone is 1. The van der Waals surface area contributed by atoms with Crippen LogP contribution in [0.15, 0.2) is 65.2 Å². The van der Waals surface area contributed by atoms with Crippen molar-refractivity contribution in [3.05, 3.63) is 70.8 Å². The largest absolute Gasteiger partial charge is 0.497 e. The van der Waals surface area contributed by atoms with E-state index in [9.17, 15) is 14.9 Å². The molecule has 0 aromatic heterocycles. The molecule has 1 fully saturated rings. The van der Waals surface area contributed by atoms with E-state index in [1.165, 1.54) is 4.90 Å². The second kappa shape index (κ2) is 7.06. The SMILES string of the molecule is COc1ccc(C2C(C#N)=C(N)SC3C(=O)N(c4ccccc4)C(=O)C32)cc1. The van der Waals surface area contributed by atoms with E-state index >= 15 is 0 Å². The van der Waals surface area contributed by atoms with Crippen LogP contribution in [0.25, 0.3) is 0 Å². The molecule has 4 rings (SSSR count). The maximum absolute atomic E-state index is 13.3. The summed E-state index contributed by atoms with van der Waals surface area (Å²) in [6, 6.07) is 18.1. The van der Waals surface area contributed by atoms with E-state index in [2.05, 4.69) is 6.07 Å². The minimum absolute atomic E-state index is 0.292. The normalized spacial score (nSPS) is 24.1. The Labute approximate surface area is 166 Å². The van der Waals surface area contributed by atoms with E-state index in [4.69, 9.17) is 10.5 Å². The number of hydrogen-bond acceptors (Lipinski definition) is 6. The first-order chi connectivity index (χ1) is 13.6. The lowest BCUT2D eigenvalue weighted by Crippen LogP contribution is -2.33. The summed E-state index contributed by atoms with van der Waals surface area (Å²) in [4.78, 5) is 27.6. The fourth-order valence-corrected chi connectivity index (χ4v) is 4.98. The number of hydrogen-bond donors (Lipinski definition) is 1. The fourth-order valence-electron chi connectivity index (χ4n) is 3.78. The fraction of sp³-hybridized carbons (Fsp3) is 0.190. The third-order valence-electron chi connectivity index (χ3n) is 5.09. The summed E-state index contributed by atoms with van der Waals surface area (Å²) in [6.07, 6.45) is 0. The monoisotopic (exact) mass is 391 g/mol. The van der Waals surface area contributed by atoms with Crippen molar-refractivity contribution in [2.24, 2.45) is 11.7 Å². The Balaban J connectivity index is 1.82. The number of rotatable bonds is 3. The van der Waals surface area contributed by atoms with Crippen LogP contribution >= 0.6 is 11.8 Å². The average Bonchev–Trinajstić information content (AvgIpc) is 2.97. The van der Waals surface area contributed by atoms with Gasteiger partial charge in [0, 0.05) is 5.92 Å². The minimum Gasteiger partial charge on any atom is -0.497 e. The van der Waals surface area contributed by atoms with Crippen LogP contribution in [0.1, 0.15) is 11.5 Å². The first-order valence-corrected chi connectivity index (χ1v) is 9.58. The minimum atomic E-state index is -0.687. The van der Waals surface area contributed by atoms with Gasteiger partial charge in [-0.2, -0.15) is 5.26 Å². The number of fused-ring (bicyclic) bond motifs is 1. The molecular formula is C21H17N3O3S. The molecule has 2 aliphatic rings. The van der Waals surface area contributed by atoms with Crippen LogP contribution in [0.4, 0.5) is 5.69 Å². The van der Waals surface area contributed by atoms with Crippen LogP contribution in [-0.4, -0.2) is 24.2 Å². The van der Waals surface area contributed by atoms with Gasteiger partial charge in [0.15, 0.2) is 0 Å². The van der Waals surface area contributed by atoms with Crippen LogP contribution in [-0.2, 0) is 9.59 Å². The molecule has 2 aromatic carbocycles. The Morgan fingerprint density at radius 1 is 1.07 bits per heavy atom. The van der Waals surface area contributed by atoms with Crippen LogP contribution < -0.4 is 15.4 Å². The summed E-state index contributed by atoms with van der Waals surface area (Å²) in [6.45, 7) is 0. The number of carbonyl (C=O) groups excluding carboxylic acids is 2. The maximum atomic E-state index is 13.3. The molecule has 0 radical (unpaired) electrons.